The summed E-state index contributed by atoms with van der Waals surface area (Å²) in [6.45, 7) is 4.61. The largest absolute Gasteiger partial charge is 0.450 e. The average Bonchev–Trinajstić information content (AvgIpc) is 3.32. The molecule has 3 saturated heterocycles. The van der Waals surface area contributed by atoms with Crippen LogP contribution in [0.15, 0.2) is 30.3 Å². The Bertz CT molecular complexity index is 688. The van der Waals surface area contributed by atoms with Crippen molar-refractivity contribution in [2.24, 2.45) is 5.92 Å². The molecular formula is C22H31N3O3. The van der Waals surface area contributed by atoms with Crippen molar-refractivity contribution in [1.82, 2.24) is 15.1 Å². The number of ether oxygens (including phenoxy) is 1. The standard InChI is InChI=1S/C22H31N3O3/c1-2-28-22(27)24-13-10-17(11-14-24)23-21(26)18-15-20(16-7-4-3-5-8-16)25-12-6-9-19(18)25/h3-5,7-8,17-20H,2,6,9-15H2,1H3,(H,23,26)/t18-,19+,20-/m1/s1. The molecular weight excluding hydrogens is 354 g/mol. The minimum atomic E-state index is -0.240. The third-order valence-electron chi connectivity index (χ3n) is 6.57. The molecule has 28 heavy (non-hydrogen) atoms. The zero-order chi connectivity index (χ0) is 19.5. The summed E-state index contributed by atoms with van der Waals surface area (Å²) in [4.78, 5) is 29.2. The number of rotatable bonds is 4. The number of fused-ring (bicyclic) bond motifs is 1. The molecule has 3 fully saturated rings. The summed E-state index contributed by atoms with van der Waals surface area (Å²) < 4.78 is 5.07. The van der Waals surface area contributed by atoms with Gasteiger partial charge in [0.1, 0.15) is 0 Å². The second-order valence-corrected chi connectivity index (χ2v) is 8.18. The molecule has 0 saturated carbocycles. The predicted molar refractivity (Wildman–Crippen MR) is 107 cm³/mol. The first-order valence-electron chi connectivity index (χ1n) is 10.7. The van der Waals surface area contributed by atoms with E-state index in [0.29, 0.717) is 31.8 Å². The molecule has 0 aliphatic carbocycles. The van der Waals surface area contributed by atoms with Crippen molar-refractivity contribution in [2.45, 2.75) is 57.2 Å². The fourth-order valence-electron chi connectivity index (χ4n) is 5.18. The Labute approximate surface area is 167 Å². The van der Waals surface area contributed by atoms with E-state index in [-0.39, 0.29) is 24.0 Å². The minimum absolute atomic E-state index is 0.0655. The van der Waals surface area contributed by atoms with Gasteiger partial charge in [0.25, 0.3) is 0 Å². The summed E-state index contributed by atoms with van der Waals surface area (Å²) in [6, 6.07) is 11.5. The normalized spacial score (nSPS) is 28.2. The summed E-state index contributed by atoms with van der Waals surface area (Å²) in [5, 5.41) is 3.29. The molecule has 1 N–H and O–H groups in total. The van der Waals surface area contributed by atoms with Crippen LogP contribution in [0.25, 0.3) is 0 Å². The number of hydrogen-bond donors (Lipinski definition) is 1. The number of piperidine rings is 1. The second-order valence-electron chi connectivity index (χ2n) is 8.18. The van der Waals surface area contributed by atoms with Gasteiger partial charge in [0.15, 0.2) is 0 Å². The molecule has 3 aliphatic heterocycles. The van der Waals surface area contributed by atoms with Gasteiger partial charge in [-0.15, -0.1) is 0 Å². The Morgan fingerprint density at radius 3 is 2.57 bits per heavy atom. The summed E-state index contributed by atoms with van der Waals surface area (Å²) in [5.74, 6) is 0.265. The maximum Gasteiger partial charge on any atom is 0.409 e. The van der Waals surface area contributed by atoms with Crippen molar-refractivity contribution < 1.29 is 14.3 Å². The summed E-state index contributed by atoms with van der Waals surface area (Å²) in [5.41, 5.74) is 1.33. The van der Waals surface area contributed by atoms with E-state index < -0.39 is 0 Å². The van der Waals surface area contributed by atoms with Crippen molar-refractivity contribution >= 4 is 12.0 Å². The monoisotopic (exact) mass is 385 g/mol. The van der Waals surface area contributed by atoms with Gasteiger partial charge in [0, 0.05) is 31.2 Å². The van der Waals surface area contributed by atoms with Gasteiger partial charge in [-0.2, -0.15) is 0 Å². The molecule has 0 radical (unpaired) electrons. The molecule has 2 amide bonds. The Kier molecular flexibility index (Phi) is 5.85. The molecule has 6 nitrogen and oxygen atoms in total. The van der Waals surface area contributed by atoms with Crippen LogP contribution in [0.1, 0.15) is 50.6 Å². The van der Waals surface area contributed by atoms with E-state index in [9.17, 15) is 9.59 Å². The smallest absolute Gasteiger partial charge is 0.409 e. The first kappa shape index (κ1) is 19.2. The van der Waals surface area contributed by atoms with Gasteiger partial charge in [-0.05, 0) is 51.1 Å². The molecule has 4 rings (SSSR count). The second kappa shape index (κ2) is 8.52. The molecule has 0 aromatic heterocycles. The molecule has 1 aromatic carbocycles. The van der Waals surface area contributed by atoms with Gasteiger partial charge in [0.2, 0.25) is 5.91 Å². The molecule has 1 aromatic rings. The van der Waals surface area contributed by atoms with Crippen LogP contribution in [0, 0.1) is 5.92 Å². The molecule has 3 aliphatic rings. The van der Waals surface area contributed by atoms with E-state index in [2.05, 4.69) is 34.5 Å². The Hall–Kier alpha value is -2.08. The SMILES string of the molecule is CCOC(=O)N1CCC(NC(=O)[C@@H]2C[C@H](c3ccccc3)N3CCC[C@@H]23)CC1. The van der Waals surface area contributed by atoms with Gasteiger partial charge < -0.3 is 15.0 Å². The molecule has 0 unspecified atom stereocenters. The van der Waals surface area contributed by atoms with E-state index in [1.807, 2.05) is 13.0 Å². The molecule has 0 bridgehead atoms. The Morgan fingerprint density at radius 2 is 1.86 bits per heavy atom. The van der Waals surface area contributed by atoms with Crippen molar-refractivity contribution in [3.63, 3.8) is 0 Å². The topological polar surface area (TPSA) is 61.9 Å². The lowest BCUT2D eigenvalue weighted by atomic mass is 9.93. The number of nitrogens with one attached hydrogen (secondary N) is 1. The van der Waals surface area contributed by atoms with E-state index in [1.165, 1.54) is 12.0 Å². The molecule has 152 valence electrons. The van der Waals surface area contributed by atoms with Gasteiger partial charge in [-0.1, -0.05) is 30.3 Å². The van der Waals surface area contributed by atoms with Gasteiger partial charge in [-0.25, -0.2) is 4.79 Å². The van der Waals surface area contributed by atoms with Crippen LogP contribution in [-0.2, 0) is 9.53 Å². The third-order valence-corrected chi connectivity index (χ3v) is 6.57. The van der Waals surface area contributed by atoms with Crippen LogP contribution in [0.2, 0.25) is 0 Å². The van der Waals surface area contributed by atoms with Crippen LogP contribution in [0.5, 0.6) is 0 Å². The summed E-state index contributed by atoms with van der Waals surface area (Å²) in [6.07, 6.45) is 4.55. The van der Waals surface area contributed by atoms with E-state index in [0.717, 1.165) is 32.2 Å². The van der Waals surface area contributed by atoms with Gasteiger partial charge in [0.05, 0.1) is 12.5 Å². The molecule has 3 heterocycles. The number of benzene rings is 1. The summed E-state index contributed by atoms with van der Waals surface area (Å²) >= 11 is 0. The van der Waals surface area contributed by atoms with Crippen molar-refractivity contribution in [3.05, 3.63) is 35.9 Å². The maximum atomic E-state index is 13.1. The number of likely N-dealkylation sites (tertiary alicyclic amines) is 1. The predicted octanol–water partition coefficient (Wildman–Crippen LogP) is 2.95. The Morgan fingerprint density at radius 1 is 1.11 bits per heavy atom. The van der Waals surface area contributed by atoms with E-state index >= 15 is 0 Å². The molecule has 3 atom stereocenters. The summed E-state index contributed by atoms with van der Waals surface area (Å²) in [7, 11) is 0. The van der Waals surface area contributed by atoms with Crippen LogP contribution < -0.4 is 5.32 Å². The highest BCUT2D eigenvalue weighted by molar-refractivity contribution is 5.80. The van der Waals surface area contributed by atoms with Crippen molar-refractivity contribution in [1.29, 1.82) is 0 Å². The van der Waals surface area contributed by atoms with Gasteiger partial charge in [-0.3, -0.25) is 9.69 Å². The lowest BCUT2D eigenvalue weighted by Gasteiger charge is -2.32. The van der Waals surface area contributed by atoms with Crippen LogP contribution >= 0.6 is 0 Å². The highest BCUT2D eigenvalue weighted by atomic mass is 16.6. The first-order valence-corrected chi connectivity index (χ1v) is 10.7. The fourth-order valence-corrected chi connectivity index (χ4v) is 5.18. The number of carbonyl (C=O) groups is 2. The van der Waals surface area contributed by atoms with Crippen molar-refractivity contribution in [3.8, 4) is 0 Å². The molecule has 6 heteroatoms. The lowest BCUT2D eigenvalue weighted by molar-refractivity contribution is -0.126. The Balaban J connectivity index is 1.34. The zero-order valence-corrected chi connectivity index (χ0v) is 16.7. The number of amides is 2. The first-order chi connectivity index (χ1) is 13.7. The molecule has 0 spiro atoms. The van der Waals surface area contributed by atoms with Crippen LogP contribution in [-0.4, -0.2) is 60.1 Å². The van der Waals surface area contributed by atoms with Crippen molar-refractivity contribution in [2.75, 3.05) is 26.2 Å². The minimum Gasteiger partial charge on any atom is -0.450 e. The number of nitrogens with zero attached hydrogens (tertiary/aromatic N) is 2. The third kappa shape index (κ3) is 3.88. The highest BCUT2D eigenvalue weighted by Crippen LogP contribution is 2.44. The fraction of sp³-hybridized carbons (Fsp3) is 0.636. The quantitative estimate of drug-likeness (QED) is 0.866. The van der Waals surface area contributed by atoms with Crippen LogP contribution in [0.4, 0.5) is 4.79 Å². The average molecular weight is 386 g/mol. The van der Waals surface area contributed by atoms with E-state index in [1.54, 1.807) is 4.90 Å². The maximum absolute atomic E-state index is 13.1. The van der Waals surface area contributed by atoms with Crippen LogP contribution in [0.3, 0.4) is 0 Å². The lowest BCUT2D eigenvalue weighted by Crippen LogP contribution is -2.49. The highest BCUT2D eigenvalue weighted by Gasteiger charge is 2.47. The number of carbonyl (C=O) groups excluding carboxylic acids is 2. The zero-order valence-electron chi connectivity index (χ0n) is 16.7. The van der Waals surface area contributed by atoms with E-state index in [4.69, 9.17) is 4.74 Å². The number of hydrogen-bond acceptors (Lipinski definition) is 4. The van der Waals surface area contributed by atoms with Gasteiger partial charge >= 0.3 is 6.09 Å².